The Labute approximate surface area is 162 Å². The number of nitro benzene ring substituents is 1. The average Bonchev–Trinajstić information content (AvgIpc) is 3.21. The number of hydrogen-bond donors (Lipinski definition) is 0. The highest BCUT2D eigenvalue weighted by atomic mass is 16.6. The van der Waals surface area contributed by atoms with Crippen LogP contribution in [0.25, 0.3) is 5.69 Å². The summed E-state index contributed by atoms with van der Waals surface area (Å²) in [6, 6.07) is 12.1. The molecule has 0 bridgehead atoms. The van der Waals surface area contributed by atoms with Crippen molar-refractivity contribution in [1.82, 2.24) is 14.5 Å². The number of benzene rings is 2. The zero-order valence-electron chi connectivity index (χ0n) is 15.6. The molecule has 144 valence electrons. The summed E-state index contributed by atoms with van der Waals surface area (Å²) in [4.78, 5) is 29.0. The molecule has 0 N–H and O–H groups in total. The molecule has 3 rings (SSSR count). The molecular weight excluding hydrogens is 360 g/mol. The van der Waals surface area contributed by atoms with Crippen molar-refractivity contribution in [3.63, 3.8) is 0 Å². The van der Waals surface area contributed by atoms with Crippen LogP contribution in [0.4, 0.5) is 5.69 Å². The largest absolute Gasteiger partial charge is 0.492 e. The minimum absolute atomic E-state index is 0.159. The monoisotopic (exact) mass is 380 g/mol. The maximum absolute atomic E-state index is 12.6. The van der Waals surface area contributed by atoms with E-state index in [4.69, 9.17) is 4.74 Å². The molecule has 0 aliphatic heterocycles. The topological polar surface area (TPSA) is 90.5 Å². The summed E-state index contributed by atoms with van der Waals surface area (Å²) in [7, 11) is 1.64. The van der Waals surface area contributed by atoms with Crippen molar-refractivity contribution >= 4 is 11.6 Å². The third-order valence-electron chi connectivity index (χ3n) is 4.23. The second-order valence-electron chi connectivity index (χ2n) is 6.32. The van der Waals surface area contributed by atoms with Gasteiger partial charge in [0.05, 0.1) is 17.8 Å². The van der Waals surface area contributed by atoms with Gasteiger partial charge in [-0.2, -0.15) is 0 Å². The van der Waals surface area contributed by atoms with Crippen LogP contribution in [0.1, 0.15) is 15.9 Å². The molecule has 0 saturated heterocycles. The van der Waals surface area contributed by atoms with Crippen LogP contribution in [0.15, 0.2) is 61.2 Å². The van der Waals surface area contributed by atoms with Crippen molar-refractivity contribution < 1.29 is 14.5 Å². The second kappa shape index (κ2) is 8.34. The first kappa shape index (κ1) is 19.1. The van der Waals surface area contributed by atoms with Gasteiger partial charge in [0.1, 0.15) is 18.0 Å². The number of likely N-dealkylation sites (N-methyl/N-ethyl adjacent to an activating group) is 1. The van der Waals surface area contributed by atoms with Gasteiger partial charge in [0.15, 0.2) is 0 Å². The maximum Gasteiger partial charge on any atom is 0.294 e. The van der Waals surface area contributed by atoms with E-state index in [0.29, 0.717) is 18.8 Å². The van der Waals surface area contributed by atoms with E-state index < -0.39 is 4.92 Å². The number of rotatable bonds is 7. The predicted molar refractivity (Wildman–Crippen MR) is 104 cm³/mol. The van der Waals surface area contributed by atoms with Gasteiger partial charge in [0, 0.05) is 31.1 Å². The van der Waals surface area contributed by atoms with Crippen LogP contribution < -0.4 is 4.74 Å². The van der Waals surface area contributed by atoms with Crippen LogP contribution in [0.2, 0.25) is 0 Å². The molecule has 0 saturated carbocycles. The summed E-state index contributed by atoms with van der Waals surface area (Å²) in [5.41, 5.74) is 1.53. The van der Waals surface area contributed by atoms with E-state index in [1.807, 2.05) is 31.2 Å². The SMILES string of the molecule is Cc1cccc(OCCN(C)C(=O)c2ccc(-n3ccnc3)c([N+](=O)[O-])c2)c1. The highest BCUT2D eigenvalue weighted by molar-refractivity contribution is 5.95. The van der Waals surface area contributed by atoms with Crippen LogP contribution in [0.5, 0.6) is 5.75 Å². The minimum atomic E-state index is -0.507. The van der Waals surface area contributed by atoms with Gasteiger partial charge in [-0.15, -0.1) is 0 Å². The van der Waals surface area contributed by atoms with E-state index in [9.17, 15) is 14.9 Å². The predicted octanol–water partition coefficient (Wildman–Crippen LogP) is 3.24. The van der Waals surface area contributed by atoms with E-state index in [0.717, 1.165) is 11.3 Å². The van der Waals surface area contributed by atoms with Crippen LogP contribution in [-0.2, 0) is 0 Å². The van der Waals surface area contributed by atoms with Gasteiger partial charge in [-0.3, -0.25) is 14.9 Å². The summed E-state index contributed by atoms with van der Waals surface area (Å²) in [5.74, 6) is 0.425. The molecule has 0 spiro atoms. The van der Waals surface area contributed by atoms with E-state index in [2.05, 4.69) is 4.98 Å². The summed E-state index contributed by atoms with van der Waals surface area (Å²) >= 11 is 0. The molecule has 0 atom stereocenters. The molecule has 3 aromatic rings. The van der Waals surface area contributed by atoms with Gasteiger partial charge in [-0.05, 0) is 36.8 Å². The standard InChI is InChI=1S/C20H20N4O4/c1-15-4-3-5-17(12-15)28-11-10-22(2)20(25)16-6-7-18(19(13-16)24(26)27)23-9-8-21-14-23/h3-9,12-14H,10-11H2,1-2H3. The number of hydrogen-bond acceptors (Lipinski definition) is 5. The Kier molecular flexibility index (Phi) is 5.69. The van der Waals surface area contributed by atoms with Crippen molar-refractivity contribution in [2.75, 3.05) is 20.2 Å². The first-order valence-electron chi connectivity index (χ1n) is 8.67. The van der Waals surface area contributed by atoms with Crippen LogP contribution >= 0.6 is 0 Å². The number of ether oxygens (including phenoxy) is 1. The zero-order valence-corrected chi connectivity index (χ0v) is 15.6. The van der Waals surface area contributed by atoms with E-state index in [1.165, 1.54) is 28.1 Å². The Hall–Kier alpha value is -3.68. The fourth-order valence-electron chi connectivity index (χ4n) is 2.75. The molecule has 2 aromatic carbocycles. The molecule has 0 radical (unpaired) electrons. The third-order valence-corrected chi connectivity index (χ3v) is 4.23. The van der Waals surface area contributed by atoms with Crippen LogP contribution in [-0.4, -0.2) is 45.5 Å². The zero-order chi connectivity index (χ0) is 20.1. The molecule has 1 aromatic heterocycles. The number of aromatic nitrogens is 2. The minimum Gasteiger partial charge on any atom is -0.492 e. The fraction of sp³-hybridized carbons (Fsp3) is 0.200. The molecule has 0 aliphatic rings. The molecule has 8 nitrogen and oxygen atoms in total. The number of imidazole rings is 1. The van der Waals surface area contributed by atoms with Gasteiger partial charge in [0.2, 0.25) is 0 Å². The van der Waals surface area contributed by atoms with E-state index in [-0.39, 0.29) is 17.2 Å². The summed E-state index contributed by atoms with van der Waals surface area (Å²) in [5, 5.41) is 11.4. The molecule has 0 unspecified atom stereocenters. The Balaban J connectivity index is 1.69. The lowest BCUT2D eigenvalue weighted by atomic mass is 10.1. The molecule has 0 fully saturated rings. The number of carbonyl (C=O) groups excluding carboxylic acids is 1. The normalized spacial score (nSPS) is 10.5. The van der Waals surface area contributed by atoms with Crippen molar-refractivity contribution in [3.8, 4) is 11.4 Å². The highest BCUT2D eigenvalue weighted by Crippen LogP contribution is 2.24. The fourth-order valence-corrected chi connectivity index (χ4v) is 2.75. The van der Waals surface area contributed by atoms with Crippen molar-refractivity contribution in [2.24, 2.45) is 0 Å². The highest BCUT2D eigenvalue weighted by Gasteiger charge is 2.20. The quantitative estimate of drug-likeness (QED) is 0.464. The smallest absolute Gasteiger partial charge is 0.294 e. The number of carbonyl (C=O) groups is 1. The molecule has 1 amide bonds. The van der Waals surface area contributed by atoms with Crippen LogP contribution in [0.3, 0.4) is 0 Å². The van der Waals surface area contributed by atoms with Crippen molar-refractivity contribution in [3.05, 3.63) is 82.4 Å². The maximum atomic E-state index is 12.6. The first-order chi connectivity index (χ1) is 13.5. The number of nitro groups is 1. The lowest BCUT2D eigenvalue weighted by Crippen LogP contribution is -2.31. The Morgan fingerprint density at radius 1 is 1.29 bits per heavy atom. The van der Waals surface area contributed by atoms with Gasteiger partial charge >= 0.3 is 0 Å². The molecule has 8 heteroatoms. The van der Waals surface area contributed by atoms with Crippen molar-refractivity contribution in [1.29, 1.82) is 0 Å². The lowest BCUT2D eigenvalue weighted by Gasteiger charge is -2.18. The van der Waals surface area contributed by atoms with Crippen LogP contribution in [0, 0.1) is 17.0 Å². The first-order valence-corrected chi connectivity index (χ1v) is 8.67. The van der Waals surface area contributed by atoms with E-state index >= 15 is 0 Å². The Morgan fingerprint density at radius 2 is 2.11 bits per heavy atom. The third kappa shape index (κ3) is 4.35. The van der Waals surface area contributed by atoms with E-state index in [1.54, 1.807) is 25.4 Å². The van der Waals surface area contributed by atoms with Crippen molar-refractivity contribution in [2.45, 2.75) is 6.92 Å². The summed E-state index contributed by atoms with van der Waals surface area (Å²) in [6.07, 6.45) is 4.61. The van der Waals surface area contributed by atoms with Gasteiger partial charge < -0.3 is 14.2 Å². The number of amides is 1. The number of nitrogens with zero attached hydrogens (tertiary/aromatic N) is 4. The summed E-state index contributed by atoms with van der Waals surface area (Å²) < 4.78 is 7.19. The van der Waals surface area contributed by atoms with Gasteiger partial charge in [-0.25, -0.2) is 4.98 Å². The second-order valence-corrected chi connectivity index (χ2v) is 6.32. The molecule has 0 aliphatic carbocycles. The Bertz CT molecular complexity index is 986. The van der Waals surface area contributed by atoms with Gasteiger partial charge in [0.25, 0.3) is 11.6 Å². The lowest BCUT2D eigenvalue weighted by molar-refractivity contribution is -0.384. The molecule has 28 heavy (non-hydrogen) atoms. The summed E-state index contributed by atoms with van der Waals surface area (Å²) in [6.45, 7) is 2.65. The Morgan fingerprint density at radius 3 is 2.79 bits per heavy atom. The average molecular weight is 380 g/mol. The molecular formula is C20H20N4O4. The number of aryl methyl sites for hydroxylation is 1. The molecule has 1 heterocycles. The van der Waals surface area contributed by atoms with Gasteiger partial charge in [-0.1, -0.05) is 12.1 Å².